The number of nitrogens with zero attached hydrogens (tertiary/aromatic N) is 2. The molecular weight excluding hydrogens is 444 g/mol. The molecule has 0 radical (unpaired) electrons. The molecule has 0 saturated carbocycles. The van der Waals surface area contributed by atoms with Gasteiger partial charge in [-0.3, -0.25) is 9.59 Å². The van der Waals surface area contributed by atoms with Gasteiger partial charge in [-0.05, 0) is 31.2 Å². The van der Waals surface area contributed by atoms with E-state index in [1.807, 2.05) is 36.4 Å². The third-order valence-electron chi connectivity index (χ3n) is 4.41. The average molecular weight is 461 g/mol. The molecule has 6 nitrogen and oxygen atoms in total. The molecular formula is C21H17ClN2O4S2. The number of amides is 1. The molecule has 0 aliphatic carbocycles. The minimum Gasteiger partial charge on any atom is -0.497 e. The van der Waals surface area contributed by atoms with Crippen LogP contribution in [0.2, 0.25) is 5.02 Å². The Morgan fingerprint density at radius 2 is 1.93 bits per heavy atom. The lowest BCUT2D eigenvalue weighted by atomic mass is 10.2. The van der Waals surface area contributed by atoms with Gasteiger partial charge in [0.2, 0.25) is 0 Å². The van der Waals surface area contributed by atoms with Crippen molar-refractivity contribution in [2.24, 2.45) is 4.99 Å². The van der Waals surface area contributed by atoms with Crippen molar-refractivity contribution in [2.45, 2.75) is 13.5 Å². The van der Waals surface area contributed by atoms with E-state index in [2.05, 4.69) is 4.99 Å². The number of rotatable bonds is 5. The molecule has 2 aromatic heterocycles. The van der Waals surface area contributed by atoms with Crippen molar-refractivity contribution in [3.05, 3.63) is 57.2 Å². The molecule has 0 bridgehead atoms. The number of thiazole rings is 1. The smallest absolute Gasteiger partial charge is 0.326 e. The summed E-state index contributed by atoms with van der Waals surface area (Å²) in [6, 6.07) is 13.0. The highest BCUT2D eigenvalue weighted by atomic mass is 35.5. The highest BCUT2D eigenvalue weighted by Crippen LogP contribution is 2.35. The Kier molecular flexibility index (Phi) is 5.90. The molecule has 2 heterocycles. The predicted octanol–water partition coefficient (Wildman–Crippen LogP) is 4.88. The SMILES string of the molecule is CCOC(=O)Cn1c(=NC(=O)c2sc3ccccc3c2Cl)sc2cc(OC)ccc21. The monoisotopic (exact) mass is 460 g/mol. The molecule has 0 saturated heterocycles. The topological polar surface area (TPSA) is 69.9 Å². The average Bonchev–Trinajstić information content (AvgIpc) is 3.25. The predicted molar refractivity (Wildman–Crippen MR) is 120 cm³/mol. The van der Waals surface area contributed by atoms with Crippen LogP contribution in [0, 0.1) is 0 Å². The van der Waals surface area contributed by atoms with Crippen LogP contribution in [0.25, 0.3) is 20.3 Å². The zero-order chi connectivity index (χ0) is 21.3. The summed E-state index contributed by atoms with van der Waals surface area (Å²) in [6.07, 6.45) is 0. The zero-order valence-corrected chi connectivity index (χ0v) is 18.6. The maximum absolute atomic E-state index is 13.0. The summed E-state index contributed by atoms with van der Waals surface area (Å²) in [5.41, 5.74) is 0.767. The van der Waals surface area contributed by atoms with Gasteiger partial charge in [-0.2, -0.15) is 4.99 Å². The molecule has 1 amide bonds. The third-order valence-corrected chi connectivity index (χ3v) is 7.11. The molecule has 4 rings (SSSR count). The van der Waals surface area contributed by atoms with Gasteiger partial charge in [0.05, 0.1) is 29.0 Å². The molecule has 2 aromatic carbocycles. The van der Waals surface area contributed by atoms with Crippen LogP contribution in [-0.2, 0) is 16.1 Å². The number of fused-ring (bicyclic) bond motifs is 2. The lowest BCUT2D eigenvalue weighted by Crippen LogP contribution is -2.23. The number of halogens is 1. The van der Waals surface area contributed by atoms with Gasteiger partial charge in [-0.15, -0.1) is 11.3 Å². The van der Waals surface area contributed by atoms with Crippen LogP contribution >= 0.6 is 34.3 Å². The minimum absolute atomic E-state index is 0.0492. The minimum atomic E-state index is -0.447. The largest absolute Gasteiger partial charge is 0.497 e. The molecule has 4 aromatic rings. The highest BCUT2D eigenvalue weighted by molar-refractivity contribution is 7.21. The van der Waals surface area contributed by atoms with Gasteiger partial charge >= 0.3 is 5.97 Å². The van der Waals surface area contributed by atoms with Crippen molar-refractivity contribution in [3.8, 4) is 5.75 Å². The molecule has 0 fully saturated rings. The number of hydrogen-bond donors (Lipinski definition) is 0. The molecule has 9 heteroatoms. The maximum atomic E-state index is 13.0. The first-order valence-electron chi connectivity index (χ1n) is 9.11. The standard InChI is InChI=1S/C21H17ClN2O4S2/c1-3-28-17(25)11-24-14-9-8-12(27-2)10-16(14)30-21(24)23-20(26)19-18(22)13-6-4-5-7-15(13)29-19/h4-10H,3,11H2,1-2H3. The molecule has 0 atom stereocenters. The summed E-state index contributed by atoms with van der Waals surface area (Å²) in [6.45, 7) is 1.97. The van der Waals surface area contributed by atoms with Crippen LogP contribution < -0.4 is 9.54 Å². The number of aromatic nitrogens is 1. The van der Waals surface area contributed by atoms with E-state index in [0.29, 0.717) is 20.5 Å². The lowest BCUT2D eigenvalue weighted by Gasteiger charge is -2.05. The fourth-order valence-electron chi connectivity index (χ4n) is 3.04. The number of esters is 1. The Hall–Kier alpha value is -2.68. The number of carbonyl (C=O) groups is 2. The first-order chi connectivity index (χ1) is 14.5. The van der Waals surface area contributed by atoms with E-state index in [0.717, 1.165) is 20.3 Å². The Morgan fingerprint density at radius 1 is 1.13 bits per heavy atom. The highest BCUT2D eigenvalue weighted by Gasteiger charge is 2.18. The molecule has 30 heavy (non-hydrogen) atoms. The second kappa shape index (κ2) is 8.59. The van der Waals surface area contributed by atoms with Crippen molar-refractivity contribution >= 4 is 66.5 Å². The summed E-state index contributed by atoms with van der Waals surface area (Å²) in [7, 11) is 1.58. The quantitative estimate of drug-likeness (QED) is 0.398. The number of methoxy groups -OCH3 is 1. The lowest BCUT2D eigenvalue weighted by molar-refractivity contribution is -0.143. The summed E-state index contributed by atoms with van der Waals surface area (Å²) in [4.78, 5) is 30.2. The fraction of sp³-hybridized carbons (Fsp3) is 0.190. The van der Waals surface area contributed by atoms with E-state index < -0.39 is 11.9 Å². The number of carbonyl (C=O) groups excluding carboxylic acids is 2. The van der Waals surface area contributed by atoms with Crippen LogP contribution in [0.3, 0.4) is 0 Å². The number of ether oxygens (including phenoxy) is 2. The summed E-state index contributed by atoms with van der Waals surface area (Å²) >= 11 is 9.04. The number of benzene rings is 2. The van der Waals surface area contributed by atoms with Crippen LogP contribution in [0.5, 0.6) is 5.75 Å². The number of thiophene rings is 1. The second-order valence-electron chi connectivity index (χ2n) is 6.27. The van der Waals surface area contributed by atoms with E-state index in [9.17, 15) is 9.59 Å². The van der Waals surface area contributed by atoms with Crippen LogP contribution in [0.15, 0.2) is 47.5 Å². The van der Waals surface area contributed by atoms with Crippen molar-refractivity contribution < 1.29 is 19.1 Å². The van der Waals surface area contributed by atoms with Gasteiger partial charge in [0.1, 0.15) is 17.2 Å². The molecule has 0 aliphatic rings. The summed E-state index contributed by atoms with van der Waals surface area (Å²) in [5.74, 6) is -0.170. The Balaban J connectivity index is 1.84. The van der Waals surface area contributed by atoms with Gasteiger partial charge in [0.15, 0.2) is 4.80 Å². The first-order valence-corrected chi connectivity index (χ1v) is 11.1. The van der Waals surface area contributed by atoms with Gasteiger partial charge in [0.25, 0.3) is 5.91 Å². The third kappa shape index (κ3) is 3.86. The molecule has 0 unspecified atom stereocenters. The van der Waals surface area contributed by atoms with E-state index in [1.165, 1.54) is 22.7 Å². The summed E-state index contributed by atoms with van der Waals surface area (Å²) < 4.78 is 13.8. The van der Waals surface area contributed by atoms with Crippen LogP contribution in [-0.4, -0.2) is 30.2 Å². The molecule has 0 aliphatic heterocycles. The van der Waals surface area contributed by atoms with Gasteiger partial charge in [-0.25, -0.2) is 0 Å². The van der Waals surface area contributed by atoms with Crippen molar-refractivity contribution in [3.63, 3.8) is 0 Å². The van der Waals surface area contributed by atoms with Gasteiger partial charge in [0, 0.05) is 10.1 Å². The van der Waals surface area contributed by atoms with E-state index in [-0.39, 0.29) is 13.2 Å². The van der Waals surface area contributed by atoms with Crippen molar-refractivity contribution in [2.75, 3.05) is 13.7 Å². The van der Waals surface area contributed by atoms with E-state index in [4.69, 9.17) is 21.1 Å². The Bertz CT molecular complexity index is 1340. The van der Waals surface area contributed by atoms with Gasteiger partial charge in [-0.1, -0.05) is 41.1 Å². The summed E-state index contributed by atoms with van der Waals surface area (Å²) in [5, 5.41) is 1.22. The maximum Gasteiger partial charge on any atom is 0.326 e. The number of hydrogen-bond acceptors (Lipinski definition) is 6. The normalized spacial score (nSPS) is 11.9. The zero-order valence-electron chi connectivity index (χ0n) is 16.2. The first kappa shape index (κ1) is 20.6. The van der Waals surface area contributed by atoms with Crippen molar-refractivity contribution in [1.29, 1.82) is 0 Å². The molecule has 154 valence electrons. The van der Waals surface area contributed by atoms with Gasteiger partial charge < -0.3 is 14.0 Å². The van der Waals surface area contributed by atoms with E-state index >= 15 is 0 Å². The second-order valence-corrected chi connectivity index (χ2v) is 8.71. The molecule has 0 spiro atoms. The van der Waals surface area contributed by atoms with Crippen LogP contribution in [0.1, 0.15) is 16.6 Å². The fourth-order valence-corrected chi connectivity index (χ4v) is 5.50. The molecule has 0 N–H and O–H groups in total. The Morgan fingerprint density at radius 3 is 2.67 bits per heavy atom. The van der Waals surface area contributed by atoms with Crippen molar-refractivity contribution in [1.82, 2.24) is 4.57 Å². The Labute approximate surface area is 185 Å². The van der Waals surface area contributed by atoms with Crippen LogP contribution in [0.4, 0.5) is 0 Å². The van der Waals surface area contributed by atoms with E-state index in [1.54, 1.807) is 24.7 Å².